The van der Waals surface area contributed by atoms with Gasteiger partial charge in [0.2, 0.25) is 0 Å². The lowest BCUT2D eigenvalue weighted by molar-refractivity contribution is 0.0900. The molecule has 2 aromatic rings. The number of aromatic nitrogens is 2. The zero-order valence-corrected chi connectivity index (χ0v) is 14.9. The number of H-pyrrole nitrogens is 1. The maximum atomic E-state index is 6.26. The summed E-state index contributed by atoms with van der Waals surface area (Å²) in [5.74, 6) is 1.61. The molecule has 2 aliphatic rings. The molecule has 1 saturated heterocycles. The summed E-state index contributed by atoms with van der Waals surface area (Å²) in [5, 5.41) is 7.43. The Balaban J connectivity index is 1.55. The molecule has 0 radical (unpaired) electrons. The Morgan fingerprint density at radius 3 is 2.88 bits per heavy atom. The summed E-state index contributed by atoms with van der Waals surface area (Å²) in [4.78, 5) is 2.47. The molecule has 0 amide bonds. The smallest absolute Gasteiger partial charge is 0.162 e. The summed E-state index contributed by atoms with van der Waals surface area (Å²) < 4.78 is 11.3. The van der Waals surface area contributed by atoms with E-state index < -0.39 is 0 Å². The molecule has 1 aromatic heterocycles. The van der Waals surface area contributed by atoms with Crippen molar-refractivity contribution in [2.45, 2.75) is 32.9 Å². The molecular weight excluding hydrogens is 316 g/mol. The van der Waals surface area contributed by atoms with E-state index in [1.807, 2.05) is 18.3 Å². The van der Waals surface area contributed by atoms with Gasteiger partial charge in [-0.2, -0.15) is 5.10 Å². The Labute approximate surface area is 148 Å². The van der Waals surface area contributed by atoms with Crippen LogP contribution in [0.15, 0.2) is 24.4 Å². The molecule has 3 N–H and O–H groups in total. The van der Waals surface area contributed by atoms with Crippen molar-refractivity contribution in [2.24, 2.45) is 11.1 Å². The monoisotopic (exact) mass is 342 g/mol. The van der Waals surface area contributed by atoms with E-state index in [0.29, 0.717) is 13.2 Å². The number of nitrogens with one attached hydrogen (secondary N) is 1. The van der Waals surface area contributed by atoms with Gasteiger partial charge in [-0.25, -0.2) is 0 Å². The molecule has 25 heavy (non-hydrogen) atoms. The van der Waals surface area contributed by atoms with E-state index in [1.165, 1.54) is 5.56 Å². The van der Waals surface area contributed by atoms with Crippen molar-refractivity contribution >= 4 is 0 Å². The maximum Gasteiger partial charge on any atom is 0.162 e. The predicted molar refractivity (Wildman–Crippen MR) is 96.7 cm³/mol. The van der Waals surface area contributed by atoms with Gasteiger partial charge in [0.15, 0.2) is 11.5 Å². The van der Waals surface area contributed by atoms with Gasteiger partial charge in [-0.05, 0) is 30.0 Å². The van der Waals surface area contributed by atoms with Crippen LogP contribution in [0, 0.1) is 5.41 Å². The summed E-state index contributed by atoms with van der Waals surface area (Å²) in [6.07, 6.45) is 2.96. The van der Waals surface area contributed by atoms with Crippen LogP contribution in [0.1, 0.15) is 25.8 Å². The normalized spacial score (nSPS) is 22.8. The molecule has 6 heteroatoms. The van der Waals surface area contributed by atoms with E-state index >= 15 is 0 Å². The molecular formula is C19H26N4O2. The van der Waals surface area contributed by atoms with E-state index in [9.17, 15) is 0 Å². The summed E-state index contributed by atoms with van der Waals surface area (Å²) in [5.41, 5.74) is 9.72. The standard InChI is InChI=1S/C19H26N4O2/c1-19(2)12-23(6-5-17(19)20)11-14-10-21-22-18(14)13-3-4-15-16(9-13)25-8-7-24-15/h3-4,9-10,17H,5-8,11-12,20H2,1-2H3,(H,21,22). The van der Waals surface area contributed by atoms with E-state index in [1.54, 1.807) is 0 Å². The minimum atomic E-state index is 0.138. The van der Waals surface area contributed by atoms with Crippen molar-refractivity contribution in [3.8, 4) is 22.8 Å². The Morgan fingerprint density at radius 1 is 1.28 bits per heavy atom. The molecule has 0 bridgehead atoms. The van der Waals surface area contributed by atoms with E-state index in [4.69, 9.17) is 15.2 Å². The number of ether oxygens (including phenoxy) is 2. The van der Waals surface area contributed by atoms with Gasteiger partial charge in [0.25, 0.3) is 0 Å². The number of aromatic amines is 1. The van der Waals surface area contributed by atoms with E-state index in [2.05, 4.69) is 35.0 Å². The molecule has 1 unspecified atom stereocenters. The molecule has 0 spiro atoms. The lowest BCUT2D eigenvalue weighted by Gasteiger charge is -2.42. The number of hydrogen-bond acceptors (Lipinski definition) is 5. The van der Waals surface area contributed by atoms with Crippen LogP contribution in [0.5, 0.6) is 11.5 Å². The van der Waals surface area contributed by atoms with Crippen LogP contribution in [0.3, 0.4) is 0 Å². The third-order valence-corrected chi connectivity index (χ3v) is 5.33. The Bertz CT molecular complexity index is 756. The molecule has 3 heterocycles. The van der Waals surface area contributed by atoms with Gasteiger partial charge in [-0.3, -0.25) is 10.00 Å². The molecule has 0 saturated carbocycles. The highest BCUT2D eigenvalue weighted by Crippen LogP contribution is 2.35. The van der Waals surface area contributed by atoms with Crippen molar-refractivity contribution < 1.29 is 9.47 Å². The van der Waals surface area contributed by atoms with Gasteiger partial charge in [0.1, 0.15) is 13.2 Å². The molecule has 0 aliphatic carbocycles. The molecule has 134 valence electrons. The Hall–Kier alpha value is -2.05. The summed E-state index contributed by atoms with van der Waals surface area (Å²) in [7, 11) is 0. The fourth-order valence-electron chi connectivity index (χ4n) is 3.74. The topological polar surface area (TPSA) is 76.4 Å². The van der Waals surface area contributed by atoms with Crippen LogP contribution in [-0.2, 0) is 6.54 Å². The zero-order valence-electron chi connectivity index (χ0n) is 14.9. The molecule has 1 fully saturated rings. The second kappa shape index (κ2) is 6.35. The Kier molecular flexibility index (Phi) is 4.17. The van der Waals surface area contributed by atoms with Gasteiger partial charge in [-0.1, -0.05) is 13.8 Å². The van der Waals surface area contributed by atoms with Crippen LogP contribution in [0.25, 0.3) is 11.3 Å². The number of benzene rings is 1. The van der Waals surface area contributed by atoms with Crippen molar-refractivity contribution in [2.75, 3.05) is 26.3 Å². The van der Waals surface area contributed by atoms with E-state index in [0.717, 1.165) is 48.8 Å². The highest BCUT2D eigenvalue weighted by Gasteiger charge is 2.33. The summed E-state index contributed by atoms with van der Waals surface area (Å²) in [6.45, 7) is 8.60. The quantitative estimate of drug-likeness (QED) is 0.896. The van der Waals surface area contributed by atoms with Crippen LogP contribution in [-0.4, -0.2) is 47.4 Å². The number of hydrogen-bond donors (Lipinski definition) is 2. The molecule has 4 rings (SSSR count). The van der Waals surface area contributed by atoms with E-state index in [-0.39, 0.29) is 11.5 Å². The minimum Gasteiger partial charge on any atom is -0.486 e. The van der Waals surface area contributed by atoms with Crippen LogP contribution < -0.4 is 15.2 Å². The van der Waals surface area contributed by atoms with Crippen molar-refractivity contribution in [3.05, 3.63) is 30.0 Å². The van der Waals surface area contributed by atoms with Gasteiger partial charge in [0, 0.05) is 36.8 Å². The first-order valence-corrected chi connectivity index (χ1v) is 8.93. The lowest BCUT2D eigenvalue weighted by atomic mass is 9.79. The fraction of sp³-hybridized carbons (Fsp3) is 0.526. The third-order valence-electron chi connectivity index (χ3n) is 5.33. The molecule has 6 nitrogen and oxygen atoms in total. The van der Waals surface area contributed by atoms with Gasteiger partial charge in [-0.15, -0.1) is 0 Å². The van der Waals surface area contributed by atoms with Crippen molar-refractivity contribution in [1.29, 1.82) is 0 Å². The van der Waals surface area contributed by atoms with Gasteiger partial charge < -0.3 is 15.2 Å². The number of rotatable bonds is 3. The average Bonchev–Trinajstić information content (AvgIpc) is 3.05. The maximum absolute atomic E-state index is 6.26. The number of nitrogens with zero attached hydrogens (tertiary/aromatic N) is 2. The first-order valence-electron chi connectivity index (χ1n) is 8.93. The summed E-state index contributed by atoms with van der Waals surface area (Å²) in [6, 6.07) is 6.32. The van der Waals surface area contributed by atoms with Gasteiger partial charge in [0.05, 0.1) is 11.9 Å². The highest BCUT2D eigenvalue weighted by atomic mass is 16.6. The zero-order chi connectivity index (χ0) is 17.4. The SMILES string of the molecule is CC1(C)CN(Cc2cn[nH]c2-c2ccc3c(c2)OCCO3)CCC1N. The number of piperidine rings is 1. The van der Waals surface area contributed by atoms with Gasteiger partial charge >= 0.3 is 0 Å². The second-order valence-corrected chi connectivity index (χ2v) is 7.72. The van der Waals surface area contributed by atoms with Crippen molar-refractivity contribution in [1.82, 2.24) is 15.1 Å². The third kappa shape index (κ3) is 3.24. The van der Waals surface area contributed by atoms with Crippen LogP contribution in [0.4, 0.5) is 0 Å². The molecule has 1 atom stereocenters. The number of fused-ring (bicyclic) bond motifs is 1. The highest BCUT2D eigenvalue weighted by molar-refractivity contribution is 5.66. The first-order chi connectivity index (χ1) is 12.0. The van der Waals surface area contributed by atoms with Crippen LogP contribution >= 0.6 is 0 Å². The minimum absolute atomic E-state index is 0.138. The van der Waals surface area contributed by atoms with Crippen LogP contribution in [0.2, 0.25) is 0 Å². The molecule has 2 aliphatic heterocycles. The summed E-state index contributed by atoms with van der Waals surface area (Å²) >= 11 is 0. The predicted octanol–water partition coefficient (Wildman–Crippen LogP) is 2.41. The number of nitrogens with two attached hydrogens (primary N) is 1. The largest absolute Gasteiger partial charge is 0.486 e. The average molecular weight is 342 g/mol. The second-order valence-electron chi connectivity index (χ2n) is 7.72. The fourth-order valence-corrected chi connectivity index (χ4v) is 3.74. The first kappa shape index (κ1) is 16.4. The number of likely N-dealkylation sites (tertiary alicyclic amines) is 1. The van der Waals surface area contributed by atoms with Crippen molar-refractivity contribution in [3.63, 3.8) is 0 Å². The lowest BCUT2D eigenvalue weighted by Crippen LogP contribution is -2.52. The Morgan fingerprint density at radius 2 is 2.08 bits per heavy atom. The molecule has 1 aromatic carbocycles.